The van der Waals surface area contributed by atoms with Crippen molar-refractivity contribution in [1.82, 2.24) is 10.3 Å². The van der Waals surface area contributed by atoms with Crippen LogP contribution in [0.3, 0.4) is 0 Å². The van der Waals surface area contributed by atoms with Crippen LogP contribution in [0.4, 0.5) is 0 Å². The summed E-state index contributed by atoms with van der Waals surface area (Å²) in [5.74, 6) is 0. The number of hydrogen-bond donors (Lipinski definition) is 1. The largest absolute Gasteiger partial charge is 0.311 e. The molecule has 0 aromatic carbocycles. The number of hydrogen-bond acceptors (Lipinski definition) is 3. The highest BCUT2D eigenvalue weighted by atomic mass is 32.2. The minimum atomic E-state index is 0.491. The molecule has 0 spiro atoms. The lowest BCUT2D eigenvalue weighted by Crippen LogP contribution is -2.39. The van der Waals surface area contributed by atoms with Crippen LogP contribution in [0.2, 0.25) is 0 Å². The first-order chi connectivity index (χ1) is 8.35. The lowest BCUT2D eigenvalue weighted by molar-refractivity contribution is 0.379. The van der Waals surface area contributed by atoms with E-state index in [0.717, 1.165) is 13.1 Å². The number of nitrogens with zero attached hydrogens (tertiary/aromatic N) is 1. The van der Waals surface area contributed by atoms with Crippen LogP contribution in [-0.4, -0.2) is 22.5 Å². The van der Waals surface area contributed by atoms with Gasteiger partial charge in [-0.25, -0.2) is 0 Å². The van der Waals surface area contributed by atoms with E-state index >= 15 is 0 Å². The van der Waals surface area contributed by atoms with E-state index in [9.17, 15) is 0 Å². The Hall–Kier alpha value is -0.540. The van der Waals surface area contributed by atoms with Crippen LogP contribution in [-0.2, 0) is 6.54 Å². The molecule has 0 radical (unpaired) electrons. The Labute approximate surface area is 109 Å². The van der Waals surface area contributed by atoms with Crippen LogP contribution in [0, 0.1) is 0 Å². The molecule has 2 rings (SSSR count). The normalized spacial score (nSPS) is 19.1. The lowest BCUT2D eigenvalue weighted by atomic mass is 9.88. The van der Waals surface area contributed by atoms with Crippen molar-refractivity contribution in [3.8, 4) is 0 Å². The van der Waals surface area contributed by atoms with Gasteiger partial charge in [-0.1, -0.05) is 19.3 Å². The number of thioether (sulfide) groups is 1. The summed E-state index contributed by atoms with van der Waals surface area (Å²) in [6.07, 6.45) is 13.0. The lowest BCUT2D eigenvalue weighted by Gasteiger charge is -2.36. The van der Waals surface area contributed by atoms with Crippen molar-refractivity contribution < 1.29 is 0 Å². The number of pyridine rings is 1. The summed E-state index contributed by atoms with van der Waals surface area (Å²) in [6.45, 7) is 2.10. The molecule has 94 valence electrons. The predicted octanol–water partition coefficient (Wildman–Crippen LogP) is 3.24. The molecule has 17 heavy (non-hydrogen) atoms. The predicted molar refractivity (Wildman–Crippen MR) is 75.3 cm³/mol. The topological polar surface area (TPSA) is 24.9 Å². The second-order valence-electron chi connectivity index (χ2n) is 4.91. The average molecular weight is 250 g/mol. The van der Waals surface area contributed by atoms with Gasteiger partial charge >= 0.3 is 0 Å². The molecular formula is C14H22N2S. The SMILES string of the molecule is CSC1(CNCc2ccncc2)CCCCC1. The molecule has 0 saturated heterocycles. The van der Waals surface area contributed by atoms with E-state index in [-0.39, 0.29) is 0 Å². The fraction of sp³-hybridized carbons (Fsp3) is 0.643. The molecule has 1 aliphatic carbocycles. The van der Waals surface area contributed by atoms with E-state index in [0.29, 0.717) is 4.75 Å². The zero-order valence-electron chi connectivity index (χ0n) is 10.6. The summed E-state index contributed by atoms with van der Waals surface area (Å²) in [6, 6.07) is 4.17. The number of rotatable bonds is 5. The van der Waals surface area contributed by atoms with E-state index in [1.165, 1.54) is 37.7 Å². The maximum Gasteiger partial charge on any atom is 0.0281 e. The first-order valence-electron chi connectivity index (χ1n) is 6.49. The van der Waals surface area contributed by atoms with Gasteiger partial charge in [0.25, 0.3) is 0 Å². The fourth-order valence-corrected chi connectivity index (χ4v) is 3.53. The number of aromatic nitrogens is 1. The molecule has 1 fully saturated rings. The van der Waals surface area contributed by atoms with Crippen molar-refractivity contribution in [2.45, 2.75) is 43.4 Å². The van der Waals surface area contributed by atoms with E-state index < -0.39 is 0 Å². The number of nitrogens with one attached hydrogen (secondary N) is 1. The highest BCUT2D eigenvalue weighted by Gasteiger charge is 2.30. The summed E-state index contributed by atoms with van der Waals surface area (Å²) >= 11 is 2.05. The second-order valence-corrected chi connectivity index (χ2v) is 6.18. The van der Waals surface area contributed by atoms with E-state index in [1.54, 1.807) is 0 Å². The minimum absolute atomic E-state index is 0.491. The highest BCUT2D eigenvalue weighted by molar-refractivity contribution is 8.00. The summed E-state index contributed by atoms with van der Waals surface area (Å²) < 4.78 is 0.491. The third-order valence-corrected chi connectivity index (χ3v) is 5.14. The van der Waals surface area contributed by atoms with Crippen LogP contribution in [0.25, 0.3) is 0 Å². The minimum Gasteiger partial charge on any atom is -0.311 e. The van der Waals surface area contributed by atoms with Gasteiger partial charge in [0.1, 0.15) is 0 Å². The summed E-state index contributed by atoms with van der Waals surface area (Å²) in [5, 5.41) is 3.61. The van der Waals surface area contributed by atoms with E-state index in [1.807, 2.05) is 12.4 Å². The first kappa shape index (κ1) is 12.9. The van der Waals surface area contributed by atoms with Crippen LogP contribution in [0.1, 0.15) is 37.7 Å². The maximum atomic E-state index is 4.04. The van der Waals surface area contributed by atoms with Crippen molar-refractivity contribution in [3.05, 3.63) is 30.1 Å². The molecule has 2 nitrogen and oxygen atoms in total. The van der Waals surface area contributed by atoms with Crippen molar-refractivity contribution >= 4 is 11.8 Å². The Morgan fingerprint density at radius 2 is 1.94 bits per heavy atom. The molecule has 1 aliphatic rings. The molecule has 0 aliphatic heterocycles. The van der Waals surface area contributed by atoms with E-state index in [2.05, 4.69) is 40.5 Å². The van der Waals surface area contributed by atoms with Gasteiger partial charge in [-0.05, 0) is 36.8 Å². The molecule has 3 heteroatoms. The van der Waals surface area contributed by atoms with Crippen molar-refractivity contribution in [2.24, 2.45) is 0 Å². The summed E-state index contributed by atoms with van der Waals surface area (Å²) in [5.41, 5.74) is 1.33. The maximum absolute atomic E-state index is 4.04. The van der Waals surface area contributed by atoms with Crippen LogP contribution in [0.5, 0.6) is 0 Å². The van der Waals surface area contributed by atoms with Gasteiger partial charge in [-0.15, -0.1) is 0 Å². The summed E-state index contributed by atoms with van der Waals surface area (Å²) in [7, 11) is 0. The van der Waals surface area contributed by atoms with Crippen LogP contribution < -0.4 is 5.32 Å². The van der Waals surface area contributed by atoms with Crippen LogP contribution in [0.15, 0.2) is 24.5 Å². The monoisotopic (exact) mass is 250 g/mol. The molecule has 1 saturated carbocycles. The van der Waals surface area contributed by atoms with Crippen molar-refractivity contribution in [3.63, 3.8) is 0 Å². The molecule has 1 N–H and O–H groups in total. The Kier molecular flexibility index (Phi) is 4.86. The highest BCUT2D eigenvalue weighted by Crippen LogP contribution is 2.37. The molecular weight excluding hydrogens is 228 g/mol. The quantitative estimate of drug-likeness (QED) is 0.868. The van der Waals surface area contributed by atoms with Gasteiger partial charge in [0.2, 0.25) is 0 Å². The zero-order valence-corrected chi connectivity index (χ0v) is 11.4. The van der Waals surface area contributed by atoms with Gasteiger partial charge in [0, 0.05) is 30.2 Å². The second kappa shape index (κ2) is 6.41. The third-order valence-electron chi connectivity index (χ3n) is 3.72. The van der Waals surface area contributed by atoms with Gasteiger partial charge < -0.3 is 5.32 Å². The van der Waals surface area contributed by atoms with E-state index in [4.69, 9.17) is 0 Å². The Balaban J connectivity index is 1.80. The Morgan fingerprint density at radius 3 is 2.59 bits per heavy atom. The fourth-order valence-electron chi connectivity index (χ4n) is 2.58. The molecule has 1 aromatic heterocycles. The van der Waals surface area contributed by atoms with Crippen LogP contribution >= 0.6 is 11.8 Å². The standard InChI is InChI=1S/C14H22N2S/c1-17-14(7-3-2-4-8-14)12-16-11-13-5-9-15-10-6-13/h5-6,9-10,16H,2-4,7-8,11-12H2,1H3. The first-order valence-corrected chi connectivity index (χ1v) is 7.72. The summed E-state index contributed by atoms with van der Waals surface area (Å²) in [4.78, 5) is 4.04. The molecule has 0 amide bonds. The van der Waals surface area contributed by atoms with Crippen molar-refractivity contribution in [2.75, 3.05) is 12.8 Å². The smallest absolute Gasteiger partial charge is 0.0281 e. The average Bonchev–Trinajstić information content (AvgIpc) is 2.41. The van der Waals surface area contributed by atoms with Crippen molar-refractivity contribution in [1.29, 1.82) is 0 Å². The van der Waals surface area contributed by atoms with Gasteiger partial charge in [0.05, 0.1) is 0 Å². The Bertz CT molecular complexity index is 320. The molecule has 0 unspecified atom stereocenters. The molecule has 1 aromatic rings. The van der Waals surface area contributed by atoms with Gasteiger partial charge in [-0.2, -0.15) is 11.8 Å². The molecule has 0 atom stereocenters. The van der Waals surface area contributed by atoms with Gasteiger partial charge in [-0.3, -0.25) is 4.98 Å². The van der Waals surface area contributed by atoms with Gasteiger partial charge in [0.15, 0.2) is 0 Å². The third kappa shape index (κ3) is 3.71. The zero-order chi connectivity index (χ0) is 12.0. The molecule has 1 heterocycles. The molecule has 0 bridgehead atoms. The Morgan fingerprint density at radius 1 is 1.24 bits per heavy atom.